The number of carboxylic acid groups (broad SMARTS) is 1. The van der Waals surface area contributed by atoms with Crippen LogP contribution in [-0.4, -0.2) is 20.9 Å². The summed E-state index contributed by atoms with van der Waals surface area (Å²) in [7, 11) is 0. The molecule has 108 valence electrons. The van der Waals surface area contributed by atoms with Crippen LogP contribution in [0.3, 0.4) is 0 Å². The van der Waals surface area contributed by atoms with Crippen LogP contribution in [0.5, 0.6) is 0 Å². The monoisotopic (exact) mass is 292 g/mol. The van der Waals surface area contributed by atoms with Gasteiger partial charge in [0.05, 0.1) is 11.7 Å². The molecular weight excluding hydrogens is 272 g/mol. The van der Waals surface area contributed by atoms with Crippen molar-refractivity contribution in [2.45, 2.75) is 57.9 Å². The predicted molar refractivity (Wildman–Crippen MR) is 80.8 cm³/mol. The second kappa shape index (κ2) is 4.58. The fraction of sp³-hybridized carbons (Fsp3) is 0.600. The molecule has 0 unspecified atom stereocenters. The van der Waals surface area contributed by atoms with E-state index >= 15 is 0 Å². The van der Waals surface area contributed by atoms with E-state index in [1.807, 2.05) is 0 Å². The lowest BCUT2D eigenvalue weighted by Gasteiger charge is -2.16. The molecule has 20 heavy (non-hydrogen) atoms. The van der Waals surface area contributed by atoms with Crippen LogP contribution in [0.15, 0.2) is 6.07 Å². The first kappa shape index (κ1) is 13.6. The van der Waals surface area contributed by atoms with Gasteiger partial charge in [0.15, 0.2) is 0 Å². The van der Waals surface area contributed by atoms with Crippen molar-refractivity contribution in [3.05, 3.63) is 16.6 Å². The first-order valence-electron chi connectivity index (χ1n) is 7.14. The molecule has 1 aliphatic rings. The van der Waals surface area contributed by atoms with Crippen molar-refractivity contribution >= 4 is 27.5 Å². The van der Waals surface area contributed by atoms with E-state index in [1.165, 1.54) is 24.2 Å². The third-order valence-electron chi connectivity index (χ3n) is 3.98. The largest absolute Gasteiger partial charge is 0.477 e. The molecule has 1 aliphatic carbocycles. The van der Waals surface area contributed by atoms with E-state index in [4.69, 9.17) is 5.10 Å². The summed E-state index contributed by atoms with van der Waals surface area (Å²) in [6.45, 7) is 6.39. The Hall–Kier alpha value is -1.36. The molecule has 1 N–H and O–H groups in total. The number of hydrogen-bond donors (Lipinski definition) is 1. The number of aromatic carboxylic acids is 1. The number of carbonyl (C=O) groups is 1. The maximum Gasteiger partial charge on any atom is 0.345 e. The molecule has 0 amide bonds. The summed E-state index contributed by atoms with van der Waals surface area (Å²) in [4.78, 5) is 12.7. The Bertz CT molecular complexity index is 657. The van der Waals surface area contributed by atoms with Crippen LogP contribution in [0.4, 0.5) is 0 Å². The van der Waals surface area contributed by atoms with Crippen LogP contribution < -0.4 is 0 Å². The zero-order valence-corrected chi connectivity index (χ0v) is 13.0. The second-order valence-electron chi connectivity index (χ2n) is 6.62. The molecule has 0 radical (unpaired) electrons. The van der Waals surface area contributed by atoms with Gasteiger partial charge < -0.3 is 5.11 Å². The summed E-state index contributed by atoms with van der Waals surface area (Å²) in [6.07, 6.45) is 4.80. The molecule has 0 atom stereocenters. The van der Waals surface area contributed by atoms with Gasteiger partial charge in [-0.1, -0.05) is 33.6 Å². The summed E-state index contributed by atoms with van der Waals surface area (Å²) in [5.74, 6) is -0.843. The highest BCUT2D eigenvalue weighted by Crippen LogP contribution is 2.39. The first-order valence-corrected chi connectivity index (χ1v) is 7.95. The number of aromatic nitrogens is 2. The summed E-state index contributed by atoms with van der Waals surface area (Å²) >= 11 is 1.36. The number of nitrogens with zero attached hydrogens (tertiary/aromatic N) is 2. The molecule has 2 aromatic heterocycles. The molecule has 0 saturated heterocycles. The third kappa shape index (κ3) is 2.14. The highest BCUT2D eigenvalue weighted by molar-refractivity contribution is 7.20. The van der Waals surface area contributed by atoms with Crippen LogP contribution in [0.1, 0.15) is 67.9 Å². The van der Waals surface area contributed by atoms with Crippen molar-refractivity contribution in [3.8, 4) is 0 Å². The normalized spacial score (nSPS) is 17.1. The van der Waals surface area contributed by atoms with Gasteiger partial charge in [-0.2, -0.15) is 5.10 Å². The van der Waals surface area contributed by atoms with Crippen LogP contribution >= 0.6 is 11.3 Å². The SMILES string of the molecule is CC(C)(C)c1nn(C2CCCC2)c2sc(C(=O)O)cc12. The summed E-state index contributed by atoms with van der Waals surface area (Å²) < 4.78 is 2.10. The Balaban J connectivity index is 2.21. The minimum atomic E-state index is -0.843. The van der Waals surface area contributed by atoms with Gasteiger partial charge in [0.1, 0.15) is 9.71 Å². The van der Waals surface area contributed by atoms with Crippen molar-refractivity contribution in [3.63, 3.8) is 0 Å². The molecule has 0 bridgehead atoms. The van der Waals surface area contributed by atoms with Crippen molar-refractivity contribution in [1.82, 2.24) is 9.78 Å². The topological polar surface area (TPSA) is 55.1 Å². The lowest BCUT2D eigenvalue weighted by atomic mass is 9.91. The molecule has 2 aromatic rings. The Morgan fingerprint density at radius 2 is 2.05 bits per heavy atom. The van der Waals surface area contributed by atoms with E-state index < -0.39 is 5.97 Å². The molecule has 0 spiro atoms. The molecule has 5 heteroatoms. The van der Waals surface area contributed by atoms with Gasteiger partial charge in [0.2, 0.25) is 0 Å². The number of thiophene rings is 1. The van der Waals surface area contributed by atoms with Crippen LogP contribution in [0, 0.1) is 0 Å². The van der Waals surface area contributed by atoms with Gasteiger partial charge in [-0.15, -0.1) is 11.3 Å². The van der Waals surface area contributed by atoms with Gasteiger partial charge in [-0.25, -0.2) is 4.79 Å². The minimum absolute atomic E-state index is 0.0705. The first-order chi connectivity index (χ1) is 9.38. The Kier molecular flexibility index (Phi) is 3.12. The van der Waals surface area contributed by atoms with Crippen molar-refractivity contribution in [2.24, 2.45) is 0 Å². The van der Waals surface area contributed by atoms with Crippen molar-refractivity contribution in [1.29, 1.82) is 0 Å². The summed E-state index contributed by atoms with van der Waals surface area (Å²) in [5, 5.41) is 15.1. The van der Waals surface area contributed by atoms with Gasteiger partial charge in [-0.05, 0) is 18.9 Å². The highest BCUT2D eigenvalue weighted by Gasteiger charge is 2.28. The highest BCUT2D eigenvalue weighted by atomic mass is 32.1. The Labute approximate surface area is 122 Å². The molecular formula is C15H20N2O2S. The van der Waals surface area contributed by atoms with E-state index in [0.717, 1.165) is 28.8 Å². The number of fused-ring (bicyclic) bond motifs is 1. The second-order valence-corrected chi connectivity index (χ2v) is 7.65. The molecule has 3 rings (SSSR count). The lowest BCUT2D eigenvalue weighted by Crippen LogP contribution is -2.14. The molecule has 0 aromatic carbocycles. The molecule has 0 aliphatic heterocycles. The van der Waals surface area contributed by atoms with Gasteiger partial charge in [-0.3, -0.25) is 4.68 Å². The van der Waals surface area contributed by atoms with E-state index in [9.17, 15) is 9.90 Å². The minimum Gasteiger partial charge on any atom is -0.477 e. The smallest absolute Gasteiger partial charge is 0.345 e. The van der Waals surface area contributed by atoms with Gasteiger partial charge in [0, 0.05) is 10.8 Å². The number of rotatable bonds is 2. The third-order valence-corrected chi connectivity index (χ3v) is 5.09. The summed E-state index contributed by atoms with van der Waals surface area (Å²) in [5.41, 5.74) is 0.946. The summed E-state index contributed by atoms with van der Waals surface area (Å²) in [6, 6.07) is 2.23. The van der Waals surface area contributed by atoms with E-state index in [1.54, 1.807) is 6.07 Å². The molecule has 2 heterocycles. The molecule has 1 saturated carbocycles. The number of carboxylic acids is 1. The average molecular weight is 292 g/mol. The lowest BCUT2D eigenvalue weighted by molar-refractivity contribution is 0.0702. The number of hydrogen-bond acceptors (Lipinski definition) is 3. The van der Waals surface area contributed by atoms with Crippen molar-refractivity contribution in [2.75, 3.05) is 0 Å². The zero-order chi connectivity index (χ0) is 14.5. The maximum atomic E-state index is 11.2. The molecule has 4 nitrogen and oxygen atoms in total. The quantitative estimate of drug-likeness (QED) is 0.902. The van der Waals surface area contributed by atoms with Crippen LogP contribution in [0.25, 0.3) is 10.2 Å². The average Bonchev–Trinajstić information content (AvgIpc) is 3.02. The fourth-order valence-electron chi connectivity index (χ4n) is 2.98. The Morgan fingerprint density at radius 3 is 2.60 bits per heavy atom. The standard InChI is InChI=1S/C15H20N2O2S/c1-15(2,3)12-10-8-11(14(18)19)20-13(10)17(16-12)9-6-4-5-7-9/h8-9H,4-7H2,1-3H3,(H,18,19). The maximum absolute atomic E-state index is 11.2. The van der Waals surface area contributed by atoms with Crippen molar-refractivity contribution < 1.29 is 9.90 Å². The zero-order valence-electron chi connectivity index (χ0n) is 12.1. The van der Waals surface area contributed by atoms with E-state index in [2.05, 4.69) is 25.5 Å². The van der Waals surface area contributed by atoms with Crippen LogP contribution in [-0.2, 0) is 5.41 Å². The fourth-order valence-corrected chi connectivity index (χ4v) is 4.01. The van der Waals surface area contributed by atoms with Crippen LogP contribution in [0.2, 0.25) is 0 Å². The van der Waals surface area contributed by atoms with Gasteiger partial charge >= 0.3 is 5.97 Å². The Morgan fingerprint density at radius 1 is 1.40 bits per heavy atom. The predicted octanol–water partition coefficient (Wildman–Crippen LogP) is 4.21. The molecule has 1 fully saturated rings. The van der Waals surface area contributed by atoms with Gasteiger partial charge in [0.25, 0.3) is 0 Å². The van der Waals surface area contributed by atoms with E-state index in [-0.39, 0.29) is 5.41 Å². The van der Waals surface area contributed by atoms with E-state index in [0.29, 0.717) is 10.9 Å².